The van der Waals surface area contributed by atoms with Crippen LogP contribution in [0.5, 0.6) is 0 Å². The number of thiophene rings is 1. The maximum Gasteiger partial charge on any atom is 0.0701 e. The van der Waals surface area contributed by atoms with Crippen molar-refractivity contribution in [2.24, 2.45) is 0 Å². The molecule has 0 saturated carbocycles. The minimum atomic E-state index is 1.00. The van der Waals surface area contributed by atoms with Crippen molar-refractivity contribution in [1.82, 2.24) is 5.32 Å². The molecule has 12 heavy (non-hydrogen) atoms. The van der Waals surface area contributed by atoms with Gasteiger partial charge in [-0.05, 0) is 45.9 Å². The molecule has 0 amide bonds. The molecule has 0 radical (unpaired) electrons. The summed E-state index contributed by atoms with van der Waals surface area (Å²) >= 11 is 5.19. The van der Waals surface area contributed by atoms with Crippen molar-refractivity contribution in [3.63, 3.8) is 0 Å². The Bertz CT molecular complexity index is 222. The van der Waals surface area contributed by atoms with Gasteiger partial charge in [0.2, 0.25) is 0 Å². The highest BCUT2D eigenvalue weighted by Gasteiger charge is 1.95. The van der Waals surface area contributed by atoms with Crippen molar-refractivity contribution in [3.05, 3.63) is 20.8 Å². The maximum atomic E-state index is 3.45. The average molecular weight is 248 g/mol. The molecule has 0 aliphatic heterocycles. The zero-order chi connectivity index (χ0) is 8.81. The third kappa shape index (κ3) is 3.70. The molecule has 1 aromatic heterocycles. The summed E-state index contributed by atoms with van der Waals surface area (Å²) in [7, 11) is 0. The highest BCUT2D eigenvalue weighted by molar-refractivity contribution is 9.11. The second-order valence-corrected chi connectivity index (χ2v) is 5.08. The summed E-state index contributed by atoms with van der Waals surface area (Å²) in [6.07, 6.45) is 2.53. The van der Waals surface area contributed by atoms with E-state index in [1.165, 1.54) is 22.2 Å². The summed E-state index contributed by atoms with van der Waals surface area (Å²) in [5.74, 6) is 0. The average Bonchev–Trinajstić information content (AvgIpc) is 2.45. The van der Waals surface area contributed by atoms with E-state index in [4.69, 9.17) is 0 Å². The molecule has 0 atom stereocenters. The molecule has 0 unspecified atom stereocenters. The fourth-order valence-electron chi connectivity index (χ4n) is 0.973. The van der Waals surface area contributed by atoms with Crippen LogP contribution in [0.4, 0.5) is 0 Å². The van der Waals surface area contributed by atoms with Gasteiger partial charge >= 0.3 is 0 Å². The van der Waals surface area contributed by atoms with E-state index in [-0.39, 0.29) is 0 Å². The van der Waals surface area contributed by atoms with Crippen molar-refractivity contribution in [2.75, 3.05) is 6.54 Å². The Hall–Kier alpha value is 0.140. The van der Waals surface area contributed by atoms with Gasteiger partial charge in [-0.1, -0.05) is 13.3 Å². The molecule has 0 aliphatic carbocycles. The molecule has 1 nitrogen and oxygen atoms in total. The largest absolute Gasteiger partial charge is 0.313 e. The molecule has 1 heterocycles. The SMILES string of the molecule is CCCCNCc1csc(Br)c1. The molecule has 0 aliphatic rings. The lowest BCUT2D eigenvalue weighted by Crippen LogP contribution is -2.13. The van der Waals surface area contributed by atoms with E-state index in [1.54, 1.807) is 11.3 Å². The highest BCUT2D eigenvalue weighted by Crippen LogP contribution is 2.20. The van der Waals surface area contributed by atoms with Gasteiger partial charge in [0, 0.05) is 6.54 Å². The lowest BCUT2D eigenvalue weighted by molar-refractivity contribution is 0.642. The predicted molar refractivity (Wildman–Crippen MR) is 58.6 cm³/mol. The second kappa shape index (κ2) is 5.73. The number of rotatable bonds is 5. The molecular weight excluding hydrogens is 234 g/mol. The molecular formula is C9H14BrNS. The predicted octanol–water partition coefficient (Wildman–Crippen LogP) is 3.40. The Morgan fingerprint density at radius 1 is 1.58 bits per heavy atom. The lowest BCUT2D eigenvalue weighted by atomic mass is 10.3. The van der Waals surface area contributed by atoms with E-state index in [9.17, 15) is 0 Å². The highest BCUT2D eigenvalue weighted by atomic mass is 79.9. The third-order valence-electron chi connectivity index (χ3n) is 1.66. The van der Waals surface area contributed by atoms with Crippen LogP contribution in [-0.4, -0.2) is 6.54 Å². The van der Waals surface area contributed by atoms with Gasteiger partial charge in [0.25, 0.3) is 0 Å². The Balaban J connectivity index is 2.15. The van der Waals surface area contributed by atoms with Crippen molar-refractivity contribution >= 4 is 27.3 Å². The normalized spacial score (nSPS) is 10.5. The Morgan fingerprint density at radius 2 is 2.42 bits per heavy atom. The van der Waals surface area contributed by atoms with Gasteiger partial charge in [0.05, 0.1) is 3.79 Å². The summed E-state index contributed by atoms with van der Waals surface area (Å²) in [5, 5.41) is 5.59. The third-order valence-corrected chi connectivity index (χ3v) is 3.21. The molecule has 1 N–H and O–H groups in total. The van der Waals surface area contributed by atoms with E-state index in [1.807, 2.05) is 0 Å². The molecule has 1 rings (SSSR count). The first-order valence-electron chi connectivity index (χ1n) is 4.26. The Morgan fingerprint density at radius 3 is 3.00 bits per heavy atom. The molecule has 0 aromatic carbocycles. The van der Waals surface area contributed by atoms with Crippen molar-refractivity contribution in [3.8, 4) is 0 Å². The Labute approximate surface area is 86.3 Å². The van der Waals surface area contributed by atoms with Crippen molar-refractivity contribution in [2.45, 2.75) is 26.3 Å². The van der Waals surface area contributed by atoms with Crippen LogP contribution in [-0.2, 0) is 6.54 Å². The standard InChI is InChI=1S/C9H14BrNS/c1-2-3-4-11-6-8-5-9(10)12-7-8/h5,7,11H,2-4,6H2,1H3. The van der Waals surface area contributed by atoms with Crippen LogP contribution in [0, 0.1) is 0 Å². The van der Waals surface area contributed by atoms with Crippen molar-refractivity contribution < 1.29 is 0 Å². The van der Waals surface area contributed by atoms with Gasteiger partial charge in [-0.15, -0.1) is 11.3 Å². The van der Waals surface area contributed by atoms with E-state index in [0.29, 0.717) is 0 Å². The van der Waals surface area contributed by atoms with Crippen LogP contribution in [0.2, 0.25) is 0 Å². The topological polar surface area (TPSA) is 12.0 Å². The van der Waals surface area contributed by atoms with Gasteiger partial charge in [0.1, 0.15) is 0 Å². The summed E-state index contributed by atoms with van der Waals surface area (Å²) in [5.41, 5.74) is 1.38. The Kier molecular flexibility index (Phi) is 4.88. The number of nitrogens with one attached hydrogen (secondary N) is 1. The monoisotopic (exact) mass is 247 g/mol. The molecule has 0 bridgehead atoms. The molecule has 0 saturated heterocycles. The van der Waals surface area contributed by atoms with E-state index < -0.39 is 0 Å². The summed E-state index contributed by atoms with van der Waals surface area (Å²) in [6, 6.07) is 2.17. The smallest absolute Gasteiger partial charge is 0.0701 e. The lowest BCUT2D eigenvalue weighted by Gasteiger charge is -2.00. The first kappa shape index (κ1) is 10.2. The quantitative estimate of drug-likeness (QED) is 0.787. The minimum Gasteiger partial charge on any atom is -0.313 e. The van der Waals surface area contributed by atoms with Crippen LogP contribution in [0.1, 0.15) is 25.3 Å². The van der Waals surface area contributed by atoms with Gasteiger partial charge in [-0.25, -0.2) is 0 Å². The number of unbranched alkanes of at least 4 members (excludes halogenated alkanes) is 1. The molecule has 68 valence electrons. The van der Waals surface area contributed by atoms with Crippen LogP contribution >= 0.6 is 27.3 Å². The van der Waals surface area contributed by atoms with Gasteiger partial charge in [-0.2, -0.15) is 0 Å². The summed E-state index contributed by atoms with van der Waals surface area (Å²) in [6.45, 7) is 4.34. The van der Waals surface area contributed by atoms with E-state index in [2.05, 4.69) is 39.6 Å². The van der Waals surface area contributed by atoms with Crippen LogP contribution < -0.4 is 5.32 Å². The minimum absolute atomic E-state index is 1.00. The van der Waals surface area contributed by atoms with E-state index in [0.717, 1.165) is 13.1 Å². The summed E-state index contributed by atoms with van der Waals surface area (Å²) < 4.78 is 1.22. The fraction of sp³-hybridized carbons (Fsp3) is 0.556. The van der Waals surface area contributed by atoms with Gasteiger partial charge in [0.15, 0.2) is 0 Å². The number of hydrogen-bond acceptors (Lipinski definition) is 2. The van der Waals surface area contributed by atoms with E-state index >= 15 is 0 Å². The first-order valence-corrected chi connectivity index (χ1v) is 5.94. The summed E-state index contributed by atoms with van der Waals surface area (Å²) in [4.78, 5) is 0. The van der Waals surface area contributed by atoms with Crippen LogP contribution in [0.3, 0.4) is 0 Å². The van der Waals surface area contributed by atoms with Gasteiger partial charge in [-0.3, -0.25) is 0 Å². The number of hydrogen-bond donors (Lipinski definition) is 1. The molecule has 0 spiro atoms. The maximum absolute atomic E-state index is 3.45. The van der Waals surface area contributed by atoms with Crippen molar-refractivity contribution in [1.29, 1.82) is 0 Å². The van der Waals surface area contributed by atoms with Gasteiger partial charge < -0.3 is 5.32 Å². The molecule has 0 fully saturated rings. The van der Waals surface area contributed by atoms with Crippen LogP contribution in [0.15, 0.2) is 15.2 Å². The second-order valence-electron chi connectivity index (χ2n) is 2.79. The molecule has 3 heteroatoms. The fourth-order valence-corrected chi connectivity index (χ4v) is 2.18. The first-order chi connectivity index (χ1) is 5.83. The zero-order valence-corrected chi connectivity index (χ0v) is 9.67. The molecule has 1 aromatic rings. The van der Waals surface area contributed by atoms with Crippen LogP contribution in [0.25, 0.3) is 0 Å². The number of halogens is 1. The zero-order valence-electron chi connectivity index (χ0n) is 7.27.